The Bertz CT molecular complexity index is 337. The van der Waals surface area contributed by atoms with E-state index < -0.39 is 0 Å². The fourth-order valence-electron chi connectivity index (χ4n) is 4.04. The molecule has 0 fully saturated rings. The number of carbonyl (C=O) groups excluding carboxylic acids is 1. The number of unbranched alkanes of at least 4 members (excludes halogenated alkanes) is 18. The maximum atomic E-state index is 12.0. The minimum absolute atomic E-state index is 0.0863. The number of aliphatic hydroxyl groups excluding tert-OH is 1. The van der Waals surface area contributed by atoms with E-state index in [1.807, 2.05) is 11.8 Å². The molecular weight excluding hydrogens is 410 g/mol. The van der Waals surface area contributed by atoms with Crippen LogP contribution < -0.4 is 0 Å². The highest BCUT2D eigenvalue weighted by atomic mass is 16.5. The summed E-state index contributed by atoms with van der Waals surface area (Å²) < 4.78 is 4.54. The van der Waals surface area contributed by atoms with Crippen molar-refractivity contribution >= 4 is 5.91 Å². The Balaban J connectivity index is 0. The molecule has 0 unspecified atom stereocenters. The number of methoxy groups -OCH3 is 1. The van der Waals surface area contributed by atoms with Crippen molar-refractivity contribution in [3.8, 4) is 0 Å². The van der Waals surface area contributed by atoms with Crippen LogP contribution in [0.5, 0.6) is 0 Å². The molecule has 0 heterocycles. The molecule has 0 atom stereocenters. The monoisotopic (exact) mass is 471 g/mol. The molecule has 0 radical (unpaired) electrons. The number of nitrogens with zero attached hydrogens (tertiary/aromatic N) is 1. The van der Waals surface area contributed by atoms with Crippen molar-refractivity contribution in [3.63, 3.8) is 0 Å². The molecule has 200 valence electrons. The van der Waals surface area contributed by atoms with Gasteiger partial charge >= 0.3 is 0 Å². The van der Waals surface area contributed by atoms with Crippen LogP contribution >= 0.6 is 0 Å². The van der Waals surface area contributed by atoms with Crippen molar-refractivity contribution in [2.24, 2.45) is 0 Å². The summed E-state index contributed by atoms with van der Waals surface area (Å²) >= 11 is 0. The Morgan fingerprint density at radius 3 is 1.09 bits per heavy atom. The Morgan fingerprint density at radius 2 is 0.848 bits per heavy atom. The third-order valence-corrected chi connectivity index (χ3v) is 6.34. The van der Waals surface area contributed by atoms with E-state index >= 15 is 0 Å². The van der Waals surface area contributed by atoms with Crippen molar-refractivity contribution in [1.29, 1.82) is 0 Å². The zero-order valence-electron chi connectivity index (χ0n) is 23.2. The molecule has 4 heteroatoms. The van der Waals surface area contributed by atoms with Gasteiger partial charge < -0.3 is 14.7 Å². The van der Waals surface area contributed by atoms with E-state index in [-0.39, 0.29) is 12.5 Å². The van der Waals surface area contributed by atoms with E-state index in [9.17, 15) is 9.90 Å². The molecule has 4 nitrogen and oxygen atoms in total. The van der Waals surface area contributed by atoms with Gasteiger partial charge in [-0.3, -0.25) is 4.79 Å². The van der Waals surface area contributed by atoms with Crippen LogP contribution in [0, 0.1) is 0 Å². The Morgan fingerprint density at radius 1 is 0.576 bits per heavy atom. The SMILES string of the molecule is CCCCCCCCCCCCN(CCCCCCCCCCCC)C(=O)CO.CCOC. The third-order valence-electron chi connectivity index (χ3n) is 6.34. The van der Waals surface area contributed by atoms with Gasteiger partial charge in [-0.2, -0.15) is 0 Å². The highest BCUT2D eigenvalue weighted by Gasteiger charge is 2.11. The van der Waals surface area contributed by atoms with Gasteiger partial charge in [0.15, 0.2) is 0 Å². The van der Waals surface area contributed by atoms with Gasteiger partial charge in [0.1, 0.15) is 6.61 Å². The average molecular weight is 472 g/mol. The van der Waals surface area contributed by atoms with Crippen LogP contribution in [0.2, 0.25) is 0 Å². The van der Waals surface area contributed by atoms with E-state index in [2.05, 4.69) is 18.6 Å². The molecule has 0 aliphatic heterocycles. The molecule has 0 spiro atoms. The number of rotatable bonds is 24. The fraction of sp³-hybridized carbons (Fsp3) is 0.966. The maximum absolute atomic E-state index is 12.0. The van der Waals surface area contributed by atoms with E-state index in [4.69, 9.17) is 0 Å². The quantitative estimate of drug-likeness (QED) is 0.144. The lowest BCUT2D eigenvalue weighted by atomic mass is 10.1. The maximum Gasteiger partial charge on any atom is 0.248 e. The largest absolute Gasteiger partial charge is 0.387 e. The van der Waals surface area contributed by atoms with Crippen LogP contribution in [-0.4, -0.2) is 49.3 Å². The third kappa shape index (κ3) is 29.4. The summed E-state index contributed by atoms with van der Waals surface area (Å²) in [6.07, 6.45) is 26.3. The summed E-state index contributed by atoms with van der Waals surface area (Å²) in [5.74, 6) is -0.0863. The second-order valence-electron chi connectivity index (χ2n) is 9.48. The standard InChI is InChI=1S/C26H53NO2.C3H8O/c1-3-5-7-9-11-13-15-17-19-21-23-27(26(29)25-28)24-22-20-18-16-14-12-10-8-6-4-2;1-3-4-2/h28H,3-25H2,1-2H3;3H2,1-2H3. The number of amides is 1. The normalized spacial score (nSPS) is 10.7. The number of carbonyl (C=O) groups is 1. The molecule has 0 aliphatic rings. The van der Waals surface area contributed by atoms with Crippen LogP contribution in [0.15, 0.2) is 0 Å². The number of aliphatic hydroxyl groups is 1. The second-order valence-corrected chi connectivity index (χ2v) is 9.48. The predicted molar refractivity (Wildman–Crippen MR) is 145 cm³/mol. The molecule has 1 N–H and O–H groups in total. The summed E-state index contributed by atoms with van der Waals surface area (Å²) in [5.41, 5.74) is 0. The number of ether oxygens (including phenoxy) is 1. The fourth-order valence-corrected chi connectivity index (χ4v) is 4.04. The summed E-state index contributed by atoms with van der Waals surface area (Å²) in [6.45, 7) is 8.62. The summed E-state index contributed by atoms with van der Waals surface area (Å²) in [5, 5.41) is 9.24. The molecule has 0 aromatic heterocycles. The molecule has 0 saturated heterocycles. The first-order chi connectivity index (χ1) is 16.2. The lowest BCUT2D eigenvalue weighted by molar-refractivity contribution is -0.134. The Kier molecular flexibility index (Phi) is 32.9. The first-order valence-electron chi connectivity index (χ1n) is 14.5. The Hall–Kier alpha value is -0.610. The van der Waals surface area contributed by atoms with Crippen molar-refractivity contribution in [3.05, 3.63) is 0 Å². The predicted octanol–water partition coefficient (Wildman–Crippen LogP) is 8.30. The number of hydrogen-bond donors (Lipinski definition) is 1. The summed E-state index contributed by atoms with van der Waals surface area (Å²) in [7, 11) is 1.68. The lowest BCUT2D eigenvalue weighted by Gasteiger charge is -2.22. The van der Waals surface area contributed by atoms with E-state index in [1.54, 1.807) is 7.11 Å². The van der Waals surface area contributed by atoms with E-state index in [0.29, 0.717) is 0 Å². The van der Waals surface area contributed by atoms with E-state index in [1.165, 1.54) is 116 Å². The molecule has 33 heavy (non-hydrogen) atoms. The van der Waals surface area contributed by atoms with E-state index in [0.717, 1.165) is 32.5 Å². The molecule has 0 rings (SSSR count). The van der Waals surface area contributed by atoms with Gasteiger partial charge in [-0.25, -0.2) is 0 Å². The zero-order valence-corrected chi connectivity index (χ0v) is 23.2. The highest BCUT2D eigenvalue weighted by Crippen LogP contribution is 2.13. The van der Waals surface area contributed by atoms with Gasteiger partial charge in [0, 0.05) is 26.8 Å². The van der Waals surface area contributed by atoms with Gasteiger partial charge in [0.05, 0.1) is 0 Å². The van der Waals surface area contributed by atoms with Gasteiger partial charge in [-0.1, -0.05) is 129 Å². The van der Waals surface area contributed by atoms with Crippen molar-refractivity contribution in [1.82, 2.24) is 4.90 Å². The van der Waals surface area contributed by atoms with Gasteiger partial charge in [0.25, 0.3) is 0 Å². The van der Waals surface area contributed by atoms with Crippen LogP contribution in [0.25, 0.3) is 0 Å². The van der Waals surface area contributed by atoms with Crippen molar-refractivity contribution < 1.29 is 14.6 Å². The summed E-state index contributed by atoms with van der Waals surface area (Å²) in [6, 6.07) is 0. The molecule has 1 amide bonds. The topological polar surface area (TPSA) is 49.8 Å². The highest BCUT2D eigenvalue weighted by molar-refractivity contribution is 5.77. The smallest absolute Gasteiger partial charge is 0.248 e. The molecule has 0 aromatic rings. The van der Waals surface area contributed by atoms with Crippen molar-refractivity contribution in [2.45, 2.75) is 149 Å². The molecule has 0 aromatic carbocycles. The van der Waals surface area contributed by atoms with Gasteiger partial charge in [-0.15, -0.1) is 0 Å². The first kappa shape index (κ1) is 34.6. The minimum Gasteiger partial charge on any atom is -0.387 e. The first-order valence-corrected chi connectivity index (χ1v) is 14.5. The van der Waals surface area contributed by atoms with Crippen LogP contribution in [0.3, 0.4) is 0 Å². The van der Waals surface area contributed by atoms with Crippen LogP contribution in [0.1, 0.15) is 149 Å². The van der Waals surface area contributed by atoms with Crippen LogP contribution in [0.4, 0.5) is 0 Å². The number of hydrogen-bond acceptors (Lipinski definition) is 3. The second kappa shape index (κ2) is 31.4. The molecular formula is C29H61NO3. The Labute approximate surface area is 208 Å². The molecule has 0 aliphatic carbocycles. The lowest BCUT2D eigenvalue weighted by Crippen LogP contribution is -2.35. The van der Waals surface area contributed by atoms with Gasteiger partial charge in [0.2, 0.25) is 5.91 Å². The minimum atomic E-state index is -0.338. The van der Waals surface area contributed by atoms with Crippen LogP contribution in [-0.2, 0) is 9.53 Å². The summed E-state index contributed by atoms with van der Waals surface area (Å²) in [4.78, 5) is 13.9. The van der Waals surface area contributed by atoms with Gasteiger partial charge in [-0.05, 0) is 19.8 Å². The molecule has 0 saturated carbocycles. The molecule has 0 bridgehead atoms. The van der Waals surface area contributed by atoms with Crippen molar-refractivity contribution in [2.75, 3.05) is 33.4 Å². The zero-order chi connectivity index (χ0) is 24.8. The average Bonchev–Trinajstić information content (AvgIpc) is 2.84.